The van der Waals surface area contributed by atoms with Crippen molar-refractivity contribution in [3.63, 3.8) is 0 Å². The van der Waals surface area contributed by atoms with Crippen LogP contribution >= 0.6 is 0 Å². The average Bonchev–Trinajstić information content (AvgIpc) is 2.43. The topological polar surface area (TPSA) is 84.9 Å². The van der Waals surface area contributed by atoms with Crippen molar-refractivity contribution in [1.29, 1.82) is 0 Å². The zero-order valence-corrected chi connectivity index (χ0v) is 11.8. The molecule has 0 aliphatic carbocycles. The molecular formula is C14H19NO5. The van der Waals surface area contributed by atoms with E-state index in [0.717, 1.165) is 0 Å². The zero-order valence-electron chi connectivity index (χ0n) is 11.8. The lowest BCUT2D eigenvalue weighted by atomic mass is 9.94. The number of ether oxygens (including phenoxy) is 2. The molecule has 0 unspecified atom stereocenters. The van der Waals surface area contributed by atoms with Gasteiger partial charge in [0.25, 0.3) is 5.91 Å². The van der Waals surface area contributed by atoms with E-state index in [1.807, 2.05) is 0 Å². The van der Waals surface area contributed by atoms with Crippen molar-refractivity contribution >= 4 is 11.9 Å². The Balaban J connectivity index is 2.42. The first-order valence-corrected chi connectivity index (χ1v) is 6.12. The number of carboxylic acid groups (broad SMARTS) is 1. The minimum absolute atomic E-state index is 0.0443. The number of carboxylic acids is 1. The van der Waals surface area contributed by atoms with Crippen LogP contribution in [0, 0.1) is 5.41 Å². The van der Waals surface area contributed by atoms with E-state index in [1.165, 1.54) is 0 Å². The van der Waals surface area contributed by atoms with Crippen molar-refractivity contribution in [2.24, 2.45) is 5.41 Å². The molecule has 0 spiro atoms. The molecule has 2 N–H and O–H groups in total. The molecule has 0 saturated heterocycles. The summed E-state index contributed by atoms with van der Waals surface area (Å²) >= 11 is 0. The Morgan fingerprint density at radius 3 is 2.55 bits per heavy atom. The molecule has 6 nitrogen and oxygen atoms in total. The second-order valence-electron chi connectivity index (χ2n) is 4.93. The monoisotopic (exact) mass is 281 g/mol. The molecule has 1 rings (SSSR count). The van der Waals surface area contributed by atoms with Gasteiger partial charge in [0.1, 0.15) is 11.5 Å². The minimum atomic E-state index is -1.01. The van der Waals surface area contributed by atoms with E-state index < -0.39 is 11.4 Å². The van der Waals surface area contributed by atoms with E-state index in [0.29, 0.717) is 11.5 Å². The van der Waals surface area contributed by atoms with Gasteiger partial charge >= 0.3 is 5.97 Å². The molecule has 6 heteroatoms. The summed E-state index contributed by atoms with van der Waals surface area (Å²) in [6.07, 6.45) is 0. The van der Waals surface area contributed by atoms with Gasteiger partial charge in [-0.25, -0.2) is 0 Å². The molecule has 0 aliphatic rings. The average molecular weight is 281 g/mol. The number of benzene rings is 1. The van der Waals surface area contributed by atoms with Crippen molar-refractivity contribution in [3.05, 3.63) is 24.3 Å². The van der Waals surface area contributed by atoms with Crippen LogP contribution in [0.3, 0.4) is 0 Å². The van der Waals surface area contributed by atoms with E-state index in [-0.39, 0.29) is 19.1 Å². The first-order valence-electron chi connectivity index (χ1n) is 6.12. The quantitative estimate of drug-likeness (QED) is 0.787. The molecule has 0 aromatic heterocycles. The van der Waals surface area contributed by atoms with E-state index >= 15 is 0 Å². The van der Waals surface area contributed by atoms with E-state index in [4.69, 9.17) is 14.6 Å². The maximum Gasteiger partial charge on any atom is 0.310 e. The predicted octanol–water partition coefficient (Wildman–Crippen LogP) is 1.30. The molecule has 0 aliphatic heterocycles. The molecule has 1 amide bonds. The molecule has 0 heterocycles. The molecule has 20 heavy (non-hydrogen) atoms. The van der Waals surface area contributed by atoms with Crippen LogP contribution in [0.4, 0.5) is 0 Å². The fourth-order valence-electron chi connectivity index (χ4n) is 1.29. The minimum Gasteiger partial charge on any atom is -0.497 e. The van der Waals surface area contributed by atoms with Gasteiger partial charge in [-0.05, 0) is 26.0 Å². The van der Waals surface area contributed by atoms with Gasteiger partial charge in [0.2, 0.25) is 0 Å². The Bertz CT molecular complexity index is 484. The van der Waals surface area contributed by atoms with Crippen molar-refractivity contribution in [2.75, 3.05) is 20.3 Å². The summed E-state index contributed by atoms with van der Waals surface area (Å²) in [5.74, 6) is -0.194. The Morgan fingerprint density at radius 1 is 1.30 bits per heavy atom. The molecule has 0 radical (unpaired) electrons. The van der Waals surface area contributed by atoms with E-state index in [1.54, 1.807) is 45.2 Å². The summed E-state index contributed by atoms with van der Waals surface area (Å²) in [7, 11) is 1.54. The van der Waals surface area contributed by atoms with Crippen LogP contribution in [0.2, 0.25) is 0 Å². The number of nitrogens with one attached hydrogen (secondary N) is 1. The molecule has 0 fully saturated rings. The van der Waals surface area contributed by atoms with Gasteiger partial charge in [-0.15, -0.1) is 0 Å². The maximum atomic E-state index is 11.6. The highest BCUT2D eigenvalue weighted by atomic mass is 16.5. The van der Waals surface area contributed by atoms with Crippen LogP contribution in [-0.2, 0) is 9.59 Å². The fraction of sp³-hybridized carbons (Fsp3) is 0.429. The molecular weight excluding hydrogens is 262 g/mol. The van der Waals surface area contributed by atoms with Crippen LogP contribution in [0.25, 0.3) is 0 Å². The van der Waals surface area contributed by atoms with Gasteiger partial charge in [-0.3, -0.25) is 9.59 Å². The third-order valence-corrected chi connectivity index (χ3v) is 2.72. The van der Waals surface area contributed by atoms with Crippen molar-refractivity contribution in [2.45, 2.75) is 13.8 Å². The molecule has 1 aromatic carbocycles. The van der Waals surface area contributed by atoms with Crippen LogP contribution in [0.1, 0.15) is 13.8 Å². The van der Waals surface area contributed by atoms with Crippen LogP contribution in [0.5, 0.6) is 11.5 Å². The highest BCUT2D eigenvalue weighted by Crippen LogP contribution is 2.18. The first-order chi connectivity index (χ1) is 9.35. The zero-order chi connectivity index (χ0) is 15.2. The fourth-order valence-corrected chi connectivity index (χ4v) is 1.29. The van der Waals surface area contributed by atoms with Crippen LogP contribution in [0.15, 0.2) is 24.3 Å². The van der Waals surface area contributed by atoms with Gasteiger partial charge in [-0.2, -0.15) is 0 Å². The Kier molecular flexibility index (Phi) is 5.37. The summed E-state index contributed by atoms with van der Waals surface area (Å²) in [6.45, 7) is 2.95. The normalized spacial score (nSPS) is 10.8. The lowest BCUT2D eigenvalue weighted by Gasteiger charge is -2.19. The second kappa shape index (κ2) is 6.79. The second-order valence-corrected chi connectivity index (χ2v) is 4.93. The lowest BCUT2D eigenvalue weighted by molar-refractivity contribution is -0.146. The van der Waals surface area contributed by atoms with Crippen molar-refractivity contribution in [3.8, 4) is 11.5 Å². The summed E-state index contributed by atoms with van der Waals surface area (Å²) in [4.78, 5) is 22.5. The van der Waals surface area contributed by atoms with Gasteiger partial charge < -0.3 is 19.9 Å². The maximum absolute atomic E-state index is 11.6. The largest absolute Gasteiger partial charge is 0.497 e. The Labute approximate surface area is 117 Å². The number of carbonyl (C=O) groups excluding carboxylic acids is 1. The summed E-state index contributed by atoms with van der Waals surface area (Å²) < 4.78 is 10.3. The number of hydrogen-bond acceptors (Lipinski definition) is 4. The third kappa shape index (κ3) is 4.79. The standard InChI is InChI=1S/C14H19NO5/c1-14(2,13(17)18)9-15-12(16)8-20-11-6-4-5-10(7-11)19-3/h4-7H,8-9H2,1-3H3,(H,15,16)(H,17,18). The van der Waals surface area contributed by atoms with Crippen LogP contribution < -0.4 is 14.8 Å². The smallest absolute Gasteiger partial charge is 0.310 e. The molecule has 0 saturated carbocycles. The molecule has 0 bridgehead atoms. The number of methoxy groups -OCH3 is 1. The Hall–Kier alpha value is -2.24. The van der Waals surface area contributed by atoms with E-state index in [9.17, 15) is 9.59 Å². The predicted molar refractivity (Wildman–Crippen MR) is 72.9 cm³/mol. The first kappa shape index (κ1) is 15.8. The summed E-state index contributed by atoms with van der Waals surface area (Å²) in [5.41, 5.74) is -1.01. The van der Waals surface area contributed by atoms with Gasteiger partial charge in [0.05, 0.1) is 12.5 Å². The number of aliphatic carboxylic acids is 1. The molecule has 1 aromatic rings. The van der Waals surface area contributed by atoms with Gasteiger partial charge in [-0.1, -0.05) is 6.07 Å². The van der Waals surface area contributed by atoms with Gasteiger partial charge in [0, 0.05) is 12.6 Å². The van der Waals surface area contributed by atoms with Crippen LogP contribution in [-0.4, -0.2) is 37.2 Å². The SMILES string of the molecule is COc1cccc(OCC(=O)NCC(C)(C)C(=O)O)c1. The number of rotatable bonds is 7. The van der Waals surface area contributed by atoms with E-state index in [2.05, 4.69) is 5.32 Å². The molecule has 0 atom stereocenters. The summed E-state index contributed by atoms with van der Waals surface area (Å²) in [6, 6.07) is 6.88. The number of hydrogen-bond donors (Lipinski definition) is 2. The Morgan fingerprint density at radius 2 is 1.95 bits per heavy atom. The third-order valence-electron chi connectivity index (χ3n) is 2.72. The highest BCUT2D eigenvalue weighted by Gasteiger charge is 2.27. The van der Waals surface area contributed by atoms with Crippen molar-refractivity contribution < 1.29 is 24.2 Å². The van der Waals surface area contributed by atoms with Gasteiger partial charge in [0.15, 0.2) is 6.61 Å². The lowest BCUT2D eigenvalue weighted by Crippen LogP contribution is -2.40. The molecule has 110 valence electrons. The highest BCUT2D eigenvalue weighted by molar-refractivity contribution is 5.79. The number of carbonyl (C=O) groups is 2. The number of amides is 1. The summed E-state index contributed by atoms with van der Waals surface area (Å²) in [5, 5.41) is 11.5. The van der Waals surface area contributed by atoms with Crippen molar-refractivity contribution in [1.82, 2.24) is 5.32 Å².